The van der Waals surface area contributed by atoms with Gasteiger partial charge < -0.3 is 54.7 Å². The van der Waals surface area contributed by atoms with E-state index in [1.54, 1.807) is 29.5 Å². The molecule has 2 amide bonds. The van der Waals surface area contributed by atoms with Gasteiger partial charge in [-0.15, -0.1) is 21.5 Å². The smallest absolute Gasteiger partial charge is 0.254 e. The van der Waals surface area contributed by atoms with Gasteiger partial charge in [0.2, 0.25) is 17.7 Å². The summed E-state index contributed by atoms with van der Waals surface area (Å²) in [5.74, 6) is 0.466. The maximum absolute atomic E-state index is 14.3. The number of hydrogen-bond acceptors (Lipinski definition) is 18. The number of thiazole rings is 1. The van der Waals surface area contributed by atoms with Crippen LogP contribution in [0.3, 0.4) is 0 Å². The summed E-state index contributed by atoms with van der Waals surface area (Å²) in [7, 11) is 0. The van der Waals surface area contributed by atoms with Crippen LogP contribution in [0.1, 0.15) is 108 Å². The Morgan fingerprint density at radius 3 is 2.27 bits per heavy atom. The number of aromatic hydroxyl groups is 1. The van der Waals surface area contributed by atoms with E-state index in [1.807, 2.05) is 81.9 Å². The number of pyridine rings is 1. The number of para-hydroxylation sites is 1. The number of aliphatic hydroxyl groups excluding tert-OH is 1. The number of aryl methyl sites for hydroxylation is 1. The maximum atomic E-state index is 14.3. The quantitative estimate of drug-likeness (QED) is 0.0686. The Kier molecular flexibility index (Phi) is 14.9. The number of benzene rings is 2. The van der Waals surface area contributed by atoms with Crippen LogP contribution in [0.4, 0.5) is 17.2 Å². The van der Waals surface area contributed by atoms with Crippen molar-refractivity contribution in [3.05, 3.63) is 102 Å². The van der Waals surface area contributed by atoms with E-state index in [9.17, 15) is 19.8 Å². The Bertz CT molecular complexity index is 3100. The summed E-state index contributed by atoms with van der Waals surface area (Å²) in [5, 5.41) is 37.1. The topological polar surface area (TPSA) is 231 Å². The highest BCUT2D eigenvalue weighted by molar-refractivity contribution is 7.13. The largest absolute Gasteiger partial charge is 0.507 e. The number of aliphatic hydroxyl groups is 1. The van der Waals surface area contributed by atoms with Crippen LogP contribution >= 0.6 is 11.3 Å². The second-order valence-corrected chi connectivity index (χ2v) is 23.8. The number of anilines is 3. The molecule has 6 aliphatic rings. The molecule has 6 atom stereocenters. The highest BCUT2D eigenvalue weighted by Gasteiger charge is 2.45. The first kappa shape index (κ1) is 52.8. The number of nitrogens with zero attached hydrogens (tertiary/aromatic N) is 9. The first-order valence-corrected chi connectivity index (χ1v) is 29.1. The minimum atomic E-state index is -0.824. The van der Waals surface area contributed by atoms with Crippen LogP contribution in [0.2, 0.25) is 0 Å². The van der Waals surface area contributed by atoms with E-state index in [-0.39, 0.29) is 66.9 Å². The minimum absolute atomic E-state index is 0.00799. The van der Waals surface area contributed by atoms with Crippen molar-refractivity contribution in [2.45, 2.75) is 152 Å². The number of likely N-dealkylation sites (tertiary alicyclic amines) is 2. The molecular weight excluding hydrogens is 1020 g/mol. The molecule has 4 saturated heterocycles. The number of rotatable bonds is 17. The van der Waals surface area contributed by atoms with Gasteiger partial charge in [-0.05, 0) is 86.0 Å². The Labute approximate surface area is 464 Å². The molecule has 2 aliphatic carbocycles. The number of nitrogens with two attached hydrogens (primary N) is 1. The number of carbonyl (C=O) groups is 2. The van der Waals surface area contributed by atoms with Gasteiger partial charge in [0.15, 0.2) is 11.6 Å². The Balaban J connectivity index is 0.567. The van der Waals surface area contributed by atoms with Crippen LogP contribution < -0.4 is 30.3 Å². The number of hydrogen-bond donors (Lipinski definition) is 4. The summed E-state index contributed by atoms with van der Waals surface area (Å²) in [6.45, 7) is 11.4. The summed E-state index contributed by atoms with van der Waals surface area (Å²) >= 11 is 1.59. The third kappa shape index (κ3) is 11.1. The lowest BCUT2D eigenvalue weighted by atomic mass is 9.86. The monoisotopic (exact) mass is 1090 g/mol. The molecule has 6 aromatic rings. The fourth-order valence-corrected chi connectivity index (χ4v) is 13.7. The molecule has 2 aromatic carbocycles. The molecule has 5 N–H and O–H groups in total. The third-order valence-electron chi connectivity index (χ3n) is 17.3. The van der Waals surface area contributed by atoms with E-state index in [0.717, 1.165) is 111 Å². The maximum Gasteiger partial charge on any atom is 0.254 e. The normalized spacial score (nSPS) is 25.9. The predicted molar refractivity (Wildman–Crippen MR) is 299 cm³/mol. The number of nitrogens with one attached hydrogen (secondary N) is 1. The number of aromatic nitrogens is 5. The first-order chi connectivity index (χ1) is 38.3. The molecule has 6 fully saturated rings. The number of piperazine rings is 1. The number of β-amino-alcohol motifs (C(OH)–C–C–N with tert-alkyl or cyclic N) is 1. The van der Waals surface area contributed by atoms with E-state index in [2.05, 4.69) is 57.5 Å². The average molecular weight is 1090 g/mol. The van der Waals surface area contributed by atoms with Crippen LogP contribution in [0.15, 0.2) is 89.0 Å². The van der Waals surface area contributed by atoms with Gasteiger partial charge >= 0.3 is 0 Å². The van der Waals surface area contributed by atoms with Crippen molar-refractivity contribution in [1.82, 2.24) is 40.4 Å². The van der Waals surface area contributed by atoms with Crippen molar-refractivity contribution in [3.8, 4) is 39.2 Å². The number of fused-ring (bicyclic) bond motifs is 2. The zero-order chi connectivity index (χ0) is 54.5. The lowest BCUT2D eigenvalue weighted by molar-refractivity contribution is -0.141. The van der Waals surface area contributed by atoms with Crippen molar-refractivity contribution < 1.29 is 38.5 Å². The first-order valence-electron chi connectivity index (χ1n) is 28.2. The number of amides is 2. The molecule has 2 bridgehead atoms. The number of nitrogen functional groups attached to an aromatic ring is 1. The van der Waals surface area contributed by atoms with Gasteiger partial charge in [0, 0.05) is 113 Å². The average Bonchev–Trinajstić information content (AvgIpc) is 4.41. The molecule has 12 rings (SSSR count). The molecule has 4 aliphatic heterocycles. The van der Waals surface area contributed by atoms with Gasteiger partial charge in [-0.25, -0.2) is 9.97 Å². The molecule has 79 heavy (non-hydrogen) atoms. The molecule has 4 aromatic heterocycles. The van der Waals surface area contributed by atoms with Crippen molar-refractivity contribution >= 4 is 40.3 Å². The van der Waals surface area contributed by atoms with Crippen LogP contribution in [-0.2, 0) is 14.3 Å². The summed E-state index contributed by atoms with van der Waals surface area (Å²) in [5.41, 5.74) is 14.4. The minimum Gasteiger partial charge on any atom is -0.507 e. The Hall–Kier alpha value is -6.87. The van der Waals surface area contributed by atoms with Crippen LogP contribution in [0.25, 0.3) is 21.7 Å². The predicted octanol–water partition coefficient (Wildman–Crippen LogP) is 7.68. The fraction of sp³-hybridized carbons (Fsp3) is 0.508. The van der Waals surface area contributed by atoms with Crippen molar-refractivity contribution in [3.63, 3.8) is 0 Å². The second-order valence-electron chi connectivity index (χ2n) is 22.9. The van der Waals surface area contributed by atoms with Crippen LogP contribution in [-0.4, -0.2) is 145 Å². The molecular formula is C59H71N11O8S. The van der Waals surface area contributed by atoms with E-state index < -0.39 is 18.1 Å². The zero-order valence-electron chi connectivity index (χ0n) is 45.3. The fourth-order valence-electron chi connectivity index (χ4n) is 12.8. The standard InChI is InChI=1S/C59H71N11O8S/c1-33(2)55(59(74)69-31-42(71)24-50(69)58(73)63-34(3)36-9-11-37(12-10-36)56-35(4)62-32-79-56)52-28-54(66-78-52)77-44-21-41(22-44)67-19-16-43(17-20-67)75-45-25-46(26-45)76-53-23-38(15-18-61-53)70-39-13-14-40(70)30-68(29-39)49-27-48(64-65-57(49)60)47-7-5-6-8-51(47)72/h5-12,15,18,23,27-28,32-34,39-46,50,55,71-72H,13-14,16-17,19-22,24-26,29-31H2,1-4H3,(H2,60,65)(H,63,73)/t34-,39+,40?,41?,42+,44?,45?,46?,50-,55?/m0/s1. The van der Waals surface area contributed by atoms with Gasteiger partial charge in [-0.1, -0.05) is 50.2 Å². The molecule has 0 radical (unpaired) electrons. The van der Waals surface area contributed by atoms with Gasteiger partial charge in [0.1, 0.15) is 29.9 Å². The number of ether oxygens (including phenoxy) is 3. The molecule has 416 valence electrons. The number of piperidine rings is 1. The highest BCUT2D eigenvalue weighted by atomic mass is 32.1. The zero-order valence-corrected chi connectivity index (χ0v) is 46.1. The van der Waals surface area contributed by atoms with Gasteiger partial charge in [-0.3, -0.25) is 14.5 Å². The van der Waals surface area contributed by atoms with Crippen LogP contribution in [0, 0.1) is 12.8 Å². The van der Waals surface area contributed by atoms with Gasteiger partial charge in [0.25, 0.3) is 5.88 Å². The summed E-state index contributed by atoms with van der Waals surface area (Å²) in [4.78, 5) is 47.1. The summed E-state index contributed by atoms with van der Waals surface area (Å²) in [6, 6.07) is 22.9. The van der Waals surface area contributed by atoms with E-state index in [4.69, 9.17) is 24.5 Å². The third-order valence-corrected chi connectivity index (χ3v) is 18.3. The summed E-state index contributed by atoms with van der Waals surface area (Å²) in [6.07, 6.45) is 9.23. The van der Waals surface area contributed by atoms with Crippen molar-refractivity contribution in [2.75, 3.05) is 48.3 Å². The molecule has 2 unspecified atom stereocenters. The van der Waals surface area contributed by atoms with Crippen molar-refractivity contribution in [2.24, 2.45) is 5.92 Å². The Morgan fingerprint density at radius 2 is 1.54 bits per heavy atom. The second kappa shape index (κ2) is 22.3. The van der Waals surface area contributed by atoms with E-state index in [0.29, 0.717) is 52.7 Å². The summed E-state index contributed by atoms with van der Waals surface area (Å²) < 4.78 is 25.1. The molecule has 2 saturated carbocycles. The molecule has 8 heterocycles. The lowest BCUT2D eigenvalue weighted by Gasteiger charge is -2.46. The lowest BCUT2D eigenvalue weighted by Crippen LogP contribution is -2.54. The van der Waals surface area contributed by atoms with E-state index >= 15 is 0 Å². The van der Waals surface area contributed by atoms with Gasteiger partial charge in [0.05, 0.1) is 51.8 Å². The highest BCUT2D eigenvalue weighted by Crippen LogP contribution is 2.42. The van der Waals surface area contributed by atoms with E-state index in [1.165, 1.54) is 4.90 Å². The van der Waals surface area contributed by atoms with Gasteiger partial charge in [-0.2, -0.15) is 0 Å². The molecule has 20 heteroatoms. The number of carbonyl (C=O) groups excluding carboxylic acids is 2. The van der Waals surface area contributed by atoms with Crippen LogP contribution in [0.5, 0.6) is 17.5 Å². The Morgan fingerprint density at radius 1 is 0.810 bits per heavy atom. The molecule has 0 spiro atoms. The van der Waals surface area contributed by atoms with Crippen molar-refractivity contribution in [1.29, 1.82) is 0 Å². The molecule has 19 nitrogen and oxygen atoms in total. The number of phenols is 1. The number of phenolic OH excluding ortho intramolecular Hbond substituents is 1. The SMILES string of the molecule is Cc1ncsc1-c1ccc([C@H](C)NC(=O)[C@@H]2C[C@@H](O)CN2C(=O)C(c2cc(OC3CC(N4CCC(OC5CC(Oc6cc(N7C8CC[C@@H]7CN(c7cc(-c9ccccc9O)nnc7N)C8)ccn6)C5)CC4)C3)no2)C(C)C)cc1.